The fraction of sp³-hybridized carbons (Fsp3) is 0.458. The van der Waals surface area contributed by atoms with Gasteiger partial charge in [-0.25, -0.2) is 4.98 Å². The van der Waals surface area contributed by atoms with Gasteiger partial charge in [-0.1, -0.05) is 57.7 Å². The maximum Gasteiger partial charge on any atom is 0.114 e. The predicted molar refractivity (Wildman–Crippen MR) is 129 cm³/mol. The van der Waals surface area contributed by atoms with Crippen molar-refractivity contribution in [3.63, 3.8) is 0 Å². The van der Waals surface area contributed by atoms with E-state index in [-0.39, 0.29) is 0 Å². The van der Waals surface area contributed by atoms with Gasteiger partial charge in [0.05, 0.1) is 21.1 Å². The van der Waals surface area contributed by atoms with Crippen LogP contribution in [0.2, 0.25) is 10.0 Å². The molecule has 0 amide bonds. The van der Waals surface area contributed by atoms with Crippen LogP contribution in [0, 0.1) is 5.92 Å². The van der Waals surface area contributed by atoms with E-state index in [1.54, 1.807) is 0 Å². The standard InChI is InChI=1S/C24H26BrCl2N3/c25-18-8-6-16(7-9-18)12-24-28-21-13-19(26)20(27)14-23(21)30(24)15-17-4-3-11-29-10-2-1-5-22(17)29/h6-9,13-14,17,22H,1-5,10-12,15H2/t17-,22+/m0/s1. The van der Waals surface area contributed by atoms with Crippen LogP contribution in [0.25, 0.3) is 11.0 Å². The van der Waals surface area contributed by atoms with Crippen molar-refractivity contribution in [2.75, 3.05) is 13.1 Å². The number of hydrogen-bond acceptors (Lipinski definition) is 2. The molecule has 1 aromatic heterocycles. The molecule has 2 aliphatic rings. The Bertz CT molecular complexity index is 1040. The summed E-state index contributed by atoms with van der Waals surface area (Å²) in [6.45, 7) is 3.53. The van der Waals surface area contributed by atoms with Crippen LogP contribution in [-0.2, 0) is 13.0 Å². The van der Waals surface area contributed by atoms with Gasteiger partial charge in [0.2, 0.25) is 0 Å². The molecule has 0 bridgehead atoms. The van der Waals surface area contributed by atoms with Gasteiger partial charge < -0.3 is 9.47 Å². The van der Waals surface area contributed by atoms with Gasteiger partial charge in [-0.15, -0.1) is 0 Å². The van der Waals surface area contributed by atoms with Crippen molar-refractivity contribution in [1.29, 1.82) is 0 Å². The van der Waals surface area contributed by atoms with E-state index in [1.807, 2.05) is 12.1 Å². The van der Waals surface area contributed by atoms with Crippen molar-refractivity contribution in [3.05, 3.63) is 62.3 Å². The Kier molecular flexibility index (Phi) is 6.12. The van der Waals surface area contributed by atoms with Crippen molar-refractivity contribution in [3.8, 4) is 0 Å². The largest absolute Gasteiger partial charge is 0.327 e. The number of benzene rings is 2. The summed E-state index contributed by atoms with van der Waals surface area (Å²) in [5.41, 5.74) is 3.30. The Labute approximate surface area is 196 Å². The summed E-state index contributed by atoms with van der Waals surface area (Å²) in [6.07, 6.45) is 7.42. The number of imidazole rings is 1. The molecule has 0 N–H and O–H groups in total. The van der Waals surface area contributed by atoms with Gasteiger partial charge in [0.25, 0.3) is 0 Å². The number of fused-ring (bicyclic) bond motifs is 2. The monoisotopic (exact) mass is 505 g/mol. The lowest BCUT2D eigenvalue weighted by Crippen LogP contribution is -2.49. The molecule has 2 aromatic carbocycles. The van der Waals surface area contributed by atoms with Crippen LogP contribution in [0.3, 0.4) is 0 Å². The summed E-state index contributed by atoms with van der Waals surface area (Å²) >= 11 is 16.3. The zero-order valence-corrected chi connectivity index (χ0v) is 20.1. The minimum absolute atomic E-state index is 0.570. The van der Waals surface area contributed by atoms with Gasteiger partial charge in [0, 0.05) is 23.5 Å². The third-order valence-electron chi connectivity index (χ3n) is 6.79. The molecule has 3 aromatic rings. The van der Waals surface area contributed by atoms with Gasteiger partial charge >= 0.3 is 0 Å². The third kappa shape index (κ3) is 4.17. The number of nitrogens with zero attached hydrogens (tertiary/aromatic N) is 3. The van der Waals surface area contributed by atoms with Crippen molar-refractivity contribution in [2.24, 2.45) is 5.92 Å². The van der Waals surface area contributed by atoms with Crippen molar-refractivity contribution in [1.82, 2.24) is 14.5 Å². The van der Waals surface area contributed by atoms with Crippen LogP contribution in [0.4, 0.5) is 0 Å². The van der Waals surface area contributed by atoms with E-state index in [0.717, 1.165) is 34.3 Å². The highest BCUT2D eigenvalue weighted by Crippen LogP contribution is 2.35. The van der Waals surface area contributed by atoms with Crippen LogP contribution in [0.5, 0.6) is 0 Å². The first kappa shape index (κ1) is 20.8. The Morgan fingerprint density at radius 1 is 0.967 bits per heavy atom. The third-order valence-corrected chi connectivity index (χ3v) is 8.04. The SMILES string of the molecule is Clc1cc2nc(Cc3ccc(Br)cc3)n(C[C@@H]3CCCN4CCCC[C@H]34)c2cc1Cl. The molecule has 30 heavy (non-hydrogen) atoms. The minimum Gasteiger partial charge on any atom is -0.327 e. The molecule has 0 unspecified atom stereocenters. The average Bonchev–Trinajstić information content (AvgIpc) is 3.06. The lowest BCUT2D eigenvalue weighted by Gasteiger charge is -2.44. The Balaban J connectivity index is 1.52. The molecule has 2 fully saturated rings. The molecular formula is C24H26BrCl2N3. The zero-order chi connectivity index (χ0) is 20.7. The first-order valence-electron chi connectivity index (χ1n) is 10.9. The second kappa shape index (κ2) is 8.82. The molecule has 5 rings (SSSR count). The highest BCUT2D eigenvalue weighted by atomic mass is 79.9. The number of rotatable bonds is 4. The molecular weight excluding hydrogens is 481 g/mol. The van der Waals surface area contributed by atoms with E-state index >= 15 is 0 Å². The highest BCUT2D eigenvalue weighted by Gasteiger charge is 2.33. The maximum absolute atomic E-state index is 6.41. The number of aromatic nitrogens is 2. The second-order valence-electron chi connectivity index (χ2n) is 8.70. The molecule has 6 heteroatoms. The van der Waals surface area contributed by atoms with E-state index in [0.29, 0.717) is 22.0 Å². The summed E-state index contributed by atoms with van der Waals surface area (Å²) in [6, 6.07) is 13.1. The second-order valence-corrected chi connectivity index (χ2v) is 10.4. The first-order chi connectivity index (χ1) is 14.6. The number of halogens is 3. The van der Waals surface area contributed by atoms with Gasteiger partial charge in [-0.2, -0.15) is 0 Å². The first-order valence-corrected chi connectivity index (χ1v) is 12.5. The Morgan fingerprint density at radius 2 is 1.73 bits per heavy atom. The van der Waals surface area contributed by atoms with E-state index in [4.69, 9.17) is 28.2 Å². The lowest BCUT2D eigenvalue weighted by atomic mass is 9.83. The van der Waals surface area contributed by atoms with Gasteiger partial charge in [0.15, 0.2) is 0 Å². The van der Waals surface area contributed by atoms with E-state index in [2.05, 4.69) is 49.7 Å². The molecule has 2 atom stereocenters. The van der Waals surface area contributed by atoms with Crippen molar-refractivity contribution in [2.45, 2.75) is 51.1 Å². The van der Waals surface area contributed by atoms with Crippen LogP contribution in [0.1, 0.15) is 43.5 Å². The molecule has 0 radical (unpaired) electrons. The van der Waals surface area contributed by atoms with E-state index in [9.17, 15) is 0 Å². The lowest BCUT2D eigenvalue weighted by molar-refractivity contribution is 0.0521. The highest BCUT2D eigenvalue weighted by molar-refractivity contribution is 9.10. The molecule has 3 heterocycles. The molecule has 0 spiro atoms. The predicted octanol–water partition coefficient (Wildman–Crippen LogP) is 6.96. The normalized spacial score (nSPS) is 22.4. The molecule has 2 aliphatic heterocycles. The van der Waals surface area contributed by atoms with Crippen LogP contribution in [-0.4, -0.2) is 33.6 Å². The fourth-order valence-electron chi connectivity index (χ4n) is 5.32. The van der Waals surface area contributed by atoms with Crippen molar-refractivity contribution < 1.29 is 0 Å². The number of piperidine rings is 2. The summed E-state index contributed by atoms with van der Waals surface area (Å²) in [7, 11) is 0. The molecule has 2 saturated heterocycles. The molecule has 158 valence electrons. The van der Waals surface area contributed by atoms with Crippen molar-refractivity contribution >= 4 is 50.2 Å². The van der Waals surface area contributed by atoms with Crippen LogP contribution >= 0.6 is 39.1 Å². The smallest absolute Gasteiger partial charge is 0.114 e. The Hall–Kier alpha value is -1.07. The Morgan fingerprint density at radius 3 is 2.57 bits per heavy atom. The molecule has 0 saturated carbocycles. The topological polar surface area (TPSA) is 21.1 Å². The average molecular weight is 507 g/mol. The van der Waals surface area contributed by atoms with Gasteiger partial charge in [-0.3, -0.25) is 0 Å². The minimum atomic E-state index is 0.570. The summed E-state index contributed by atoms with van der Waals surface area (Å²) < 4.78 is 3.51. The van der Waals surface area contributed by atoms with Gasteiger partial charge in [-0.05, 0) is 74.5 Å². The van der Waals surface area contributed by atoms with Crippen LogP contribution in [0.15, 0.2) is 40.9 Å². The summed E-state index contributed by atoms with van der Waals surface area (Å²) in [4.78, 5) is 7.73. The number of hydrogen-bond donors (Lipinski definition) is 0. The van der Waals surface area contributed by atoms with Crippen LogP contribution < -0.4 is 0 Å². The quantitative estimate of drug-likeness (QED) is 0.381. The fourth-order valence-corrected chi connectivity index (χ4v) is 5.90. The zero-order valence-electron chi connectivity index (χ0n) is 17.0. The summed E-state index contributed by atoms with van der Waals surface area (Å²) in [5.74, 6) is 1.76. The molecule has 0 aliphatic carbocycles. The van der Waals surface area contributed by atoms with E-state index < -0.39 is 0 Å². The van der Waals surface area contributed by atoms with Gasteiger partial charge in [0.1, 0.15) is 5.82 Å². The molecule has 3 nitrogen and oxygen atoms in total. The maximum atomic E-state index is 6.41. The van der Waals surface area contributed by atoms with E-state index in [1.165, 1.54) is 50.8 Å². The summed E-state index contributed by atoms with van der Waals surface area (Å²) in [5, 5.41) is 1.17.